The molecule has 0 heterocycles. The van der Waals surface area contributed by atoms with E-state index in [2.05, 4.69) is 27.7 Å². The van der Waals surface area contributed by atoms with E-state index in [-0.39, 0.29) is 17.4 Å². The Labute approximate surface area is 159 Å². The van der Waals surface area contributed by atoms with Crippen LogP contribution in [0.3, 0.4) is 0 Å². The van der Waals surface area contributed by atoms with Gasteiger partial charge in [0.2, 0.25) is 0 Å². The second-order valence-corrected chi connectivity index (χ2v) is 8.69. The van der Waals surface area contributed by atoms with Gasteiger partial charge >= 0.3 is 0 Å². The molecule has 1 aromatic rings. The van der Waals surface area contributed by atoms with Crippen LogP contribution in [0.5, 0.6) is 5.75 Å². The molecule has 0 saturated heterocycles. The van der Waals surface area contributed by atoms with E-state index in [4.69, 9.17) is 4.74 Å². The summed E-state index contributed by atoms with van der Waals surface area (Å²) in [6.45, 7) is 16.8. The van der Waals surface area contributed by atoms with Crippen LogP contribution in [-0.4, -0.2) is 42.7 Å². The standard InChI is InChI=1S/C22H37NO3/c1-13(11-22(7,8)18(6)24)12-26-20-16(4)14(2)15(3)19(17(20)5)21(25)23(9)10/h13,18,24H,11-12H2,1-10H3. The predicted molar refractivity (Wildman–Crippen MR) is 108 cm³/mol. The van der Waals surface area contributed by atoms with Gasteiger partial charge in [0.05, 0.1) is 12.7 Å². The maximum absolute atomic E-state index is 12.6. The van der Waals surface area contributed by atoms with Crippen LogP contribution in [0, 0.1) is 39.0 Å². The Morgan fingerprint density at radius 2 is 1.58 bits per heavy atom. The van der Waals surface area contributed by atoms with Gasteiger partial charge in [-0.2, -0.15) is 0 Å². The predicted octanol–water partition coefficient (Wildman–Crippen LogP) is 4.43. The zero-order valence-electron chi connectivity index (χ0n) is 18.3. The maximum atomic E-state index is 12.6. The average Bonchev–Trinajstić information content (AvgIpc) is 2.52. The molecule has 0 aliphatic rings. The zero-order chi connectivity index (χ0) is 20.4. The fourth-order valence-electron chi connectivity index (χ4n) is 3.43. The van der Waals surface area contributed by atoms with Gasteiger partial charge in [0.1, 0.15) is 5.75 Å². The summed E-state index contributed by atoms with van der Waals surface area (Å²) in [4.78, 5) is 14.3. The number of rotatable bonds is 7. The van der Waals surface area contributed by atoms with Crippen molar-refractivity contribution in [3.8, 4) is 5.75 Å². The van der Waals surface area contributed by atoms with E-state index in [9.17, 15) is 9.90 Å². The van der Waals surface area contributed by atoms with Crippen molar-refractivity contribution in [2.24, 2.45) is 11.3 Å². The number of aliphatic hydroxyl groups excluding tert-OH is 1. The summed E-state index contributed by atoms with van der Waals surface area (Å²) >= 11 is 0. The number of hydrogen-bond donors (Lipinski definition) is 1. The van der Waals surface area contributed by atoms with Crippen molar-refractivity contribution >= 4 is 5.91 Å². The van der Waals surface area contributed by atoms with Crippen molar-refractivity contribution in [2.45, 2.75) is 67.9 Å². The van der Waals surface area contributed by atoms with Gasteiger partial charge in [0.25, 0.3) is 5.91 Å². The zero-order valence-corrected chi connectivity index (χ0v) is 18.3. The number of aliphatic hydroxyl groups is 1. The molecule has 0 spiro atoms. The van der Waals surface area contributed by atoms with Gasteiger partial charge in [0, 0.05) is 25.2 Å². The Bertz CT molecular complexity index is 660. The highest BCUT2D eigenvalue weighted by Crippen LogP contribution is 2.35. The lowest BCUT2D eigenvalue weighted by molar-refractivity contribution is 0.0422. The van der Waals surface area contributed by atoms with E-state index >= 15 is 0 Å². The van der Waals surface area contributed by atoms with Crippen LogP contribution >= 0.6 is 0 Å². The minimum atomic E-state index is -0.362. The van der Waals surface area contributed by atoms with E-state index in [1.54, 1.807) is 19.0 Å². The van der Waals surface area contributed by atoms with Crippen LogP contribution in [0.4, 0.5) is 0 Å². The van der Waals surface area contributed by atoms with E-state index in [0.29, 0.717) is 12.5 Å². The largest absolute Gasteiger partial charge is 0.493 e. The Balaban J connectivity index is 3.12. The molecule has 1 amide bonds. The summed E-state index contributed by atoms with van der Waals surface area (Å²) in [5, 5.41) is 9.94. The van der Waals surface area contributed by atoms with E-state index < -0.39 is 0 Å². The number of hydrogen-bond acceptors (Lipinski definition) is 3. The molecule has 0 radical (unpaired) electrons. The normalized spacial score (nSPS) is 14.1. The lowest BCUT2D eigenvalue weighted by atomic mass is 9.79. The van der Waals surface area contributed by atoms with Gasteiger partial charge in [0.15, 0.2) is 0 Å². The number of ether oxygens (including phenoxy) is 1. The number of amides is 1. The quantitative estimate of drug-likeness (QED) is 0.779. The topological polar surface area (TPSA) is 49.8 Å². The van der Waals surface area contributed by atoms with E-state index in [1.165, 1.54) is 0 Å². The third-order valence-corrected chi connectivity index (χ3v) is 5.69. The molecule has 0 fully saturated rings. The lowest BCUT2D eigenvalue weighted by Gasteiger charge is -2.31. The maximum Gasteiger partial charge on any atom is 0.254 e. The highest BCUT2D eigenvalue weighted by atomic mass is 16.5. The van der Waals surface area contributed by atoms with Gasteiger partial charge in [-0.05, 0) is 69.1 Å². The molecule has 0 aliphatic carbocycles. The summed E-state index contributed by atoms with van der Waals surface area (Å²) in [5.41, 5.74) is 4.72. The summed E-state index contributed by atoms with van der Waals surface area (Å²) in [5.74, 6) is 1.13. The first-order chi connectivity index (χ1) is 11.8. The van der Waals surface area contributed by atoms with Crippen molar-refractivity contribution in [2.75, 3.05) is 20.7 Å². The van der Waals surface area contributed by atoms with Gasteiger partial charge in [-0.25, -0.2) is 0 Å². The Hall–Kier alpha value is -1.55. The molecule has 4 heteroatoms. The van der Waals surface area contributed by atoms with Gasteiger partial charge < -0.3 is 14.7 Å². The van der Waals surface area contributed by atoms with Crippen molar-refractivity contribution < 1.29 is 14.6 Å². The summed E-state index contributed by atoms with van der Waals surface area (Å²) in [6, 6.07) is 0. The van der Waals surface area contributed by atoms with Crippen molar-refractivity contribution in [3.05, 3.63) is 27.8 Å². The Morgan fingerprint density at radius 1 is 1.04 bits per heavy atom. The van der Waals surface area contributed by atoms with E-state index in [0.717, 1.165) is 40.0 Å². The molecule has 4 nitrogen and oxygen atoms in total. The molecule has 2 atom stereocenters. The molecule has 26 heavy (non-hydrogen) atoms. The van der Waals surface area contributed by atoms with Crippen LogP contribution in [0.15, 0.2) is 0 Å². The van der Waals surface area contributed by atoms with Crippen LogP contribution in [-0.2, 0) is 0 Å². The van der Waals surface area contributed by atoms with Gasteiger partial charge in [-0.3, -0.25) is 4.79 Å². The first-order valence-corrected chi connectivity index (χ1v) is 9.44. The minimum absolute atomic E-state index is 0.0104. The molecule has 0 bridgehead atoms. The number of carbonyl (C=O) groups excluding carboxylic acids is 1. The summed E-state index contributed by atoms with van der Waals surface area (Å²) in [7, 11) is 3.55. The van der Waals surface area contributed by atoms with Crippen LogP contribution in [0.2, 0.25) is 0 Å². The minimum Gasteiger partial charge on any atom is -0.493 e. The summed E-state index contributed by atoms with van der Waals surface area (Å²) < 4.78 is 6.21. The molecule has 2 unspecified atom stereocenters. The van der Waals surface area contributed by atoms with Crippen LogP contribution < -0.4 is 4.74 Å². The molecule has 0 aliphatic heterocycles. The monoisotopic (exact) mass is 363 g/mol. The van der Waals surface area contributed by atoms with Crippen molar-refractivity contribution in [3.63, 3.8) is 0 Å². The second-order valence-electron chi connectivity index (χ2n) is 8.69. The first-order valence-electron chi connectivity index (χ1n) is 9.44. The van der Waals surface area contributed by atoms with Crippen molar-refractivity contribution in [1.29, 1.82) is 0 Å². The fraction of sp³-hybridized carbons (Fsp3) is 0.682. The highest BCUT2D eigenvalue weighted by molar-refractivity contribution is 5.98. The van der Waals surface area contributed by atoms with Crippen LogP contribution in [0.1, 0.15) is 66.7 Å². The number of carbonyl (C=O) groups is 1. The lowest BCUT2D eigenvalue weighted by Crippen LogP contribution is -2.30. The first kappa shape index (κ1) is 22.5. The van der Waals surface area contributed by atoms with Gasteiger partial charge in [-0.1, -0.05) is 20.8 Å². The fourth-order valence-corrected chi connectivity index (χ4v) is 3.43. The van der Waals surface area contributed by atoms with Crippen LogP contribution in [0.25, 0.3) is 0 Å². The molecule has 1 N–H and O–H groups in total. The third kappa shape index (κ3) is 4.79. The van der Waals surface area contributed by atoms with E-state index in [1.807, 2.05) is 27.7 Å². The molecule has 1 rings (SSSR count). The van der Waals surface area contributed by atoms with Gasteiger partial charge in [-0.15, -0.1) is 0 Å². The molecule has 1 aromatic carbocycles. The molecule has 0 saturated carbocycles. The number of benzene rings is 1. The second kappa shape index (κ2) is 8.43. The molecular weight excluding hydrogens is 326 g/mol. The highest BCUT2D eigenvalue weighted by Gasteiger charge is 2.27. The SMILES string of the molecule is Cc1c(C)c(OCC(C)CC(C)(C)C(C)O)c(C)c(C(=O)N(C)C)c1C. The number of nitrogens with zero attached hydrogens (tertiary/aromatic N) is 1. The average molecular weight is 364 g/mol. The molecule has 0 aromatic heterocycles. The smallest absolute Gasteiger partial charge is 0.254 e. The third-order valence-electron chi connectivity index (χ3n) is 5.69. The molecular formula is C22H37NO3. The van der Waals surface area contributed by atoms with Crippen molar-refractivity contribution in [1.82, 2.24) is 4.90 Å². The summed E-state index contributed by atoms with van der Waals surface area (Å²) in [6.07, 6.45) is 0.510. The Kier molecular flexibility index (Phi) is 7.29. The molecule has 148 valence electrons. The Morgan fingerprint density at radius 3 is 2.04 bits per heavy atom.